The molecule has 0 atom stereocenters. The van der Waals surface area contributed by atoms with Gasteiger partial charge in [-0.3, -0.25) is 0 Å². The summed E-state index contributed by atoms with van der Waals surface area (Å²) in [4.78, 5) is 0. The first kappa shape index (κ1) is 40.4. The quantitative estimate of drug-likeness (QED) is 0.213. The summed E-state index contributed by atoms with van der Waals surface area (Å²) in [6.07, 6.45) is 0. The number of hydrogen-bond acceptors (Lipinski definition) is 15. The van der Waals surface area contributed by atoms with E-state index in [4.69, 9.17) is 51.5 Å². The van der Waals surface area contributed by atoms with E-state index in [-0.39, 0.29) is 49.4 Å². The van der Waals surface area contributed by atoms with E-state index in [9.17, 15) is 0 Å². The average Bonchev–Trinajstić information content (AvgIpc) is 1.94. The van der Waals surface area contributed by atoms with Crippen LogP contribution in [0.4, 0.5) is 0 Å². The molecule has 0 aromatic carbocycles. The molecule has 0 aromatic rings. The molecule has 0 radical (unpaired) electrons. The van der Waals surface area contributed by atoms with Crippen LogP contribution in [0.3, 0.4) is 0 Å². The van der Waals surface area contributed by atoms with Crippen molar-refractivity contribution < 1.29 is 206 Å². The van der Waals surface area contributed by atoms with Gasteiger partial charge in [0, 0.05) is 0 Å². The minimum atomic E-state index is -4.01. The van der Waals surface area contributed by atoms with E-state index < -0.39 is 105 Å². The van der Waals surface area contributed by atoms with Crippen molar-refractivity contribution in [2.75, 3.05) is 0 Å². The smallest absolute Gasteiger partial charge is 0.427 e. The van der Waals surface area contributed by atoms with E-state index in [2.05, 4.69) is 0 Å². The van der Waals surface area contributed by atoms with Crippen LogP contribution in [-0.4, -0.2) is 6.87 Å². The minimum absolute atomic E-state index is 0. The summed E-state index contributed by atoms with van der Waals surface area (Å²) in [5.74, 6) is 0. The third-order valence-corrected chi connectivity index (χ3v) is 0. The van der Waals surface area contributed by atoms with Crippen LogP contribution in [0, 0.1) is 49.4 Å². The van der Waals surface area contributed by atoms with E-state index in [0.717, 1.165) is 0 Å². The summed E-state index contributed by atoms with van der Waals surface area (Å²) >= 11 is -19.6. The molecule has 0 saturated carbocycles. The Bertz CT molecular complexity index is 80.6. The zero-order valence-corrected chi connectivity index (χ0v) is 21.7. The molecule has 0 bridgehead atoms. The van der Waals surface area contributed by atoms with Crippen LogP contribution in [0.25, 0.3) is 0 Å². The van der Waals surface area contributed by atoms with Gasteiger partial charge in [-0.1, -0.05) is 0 Å². The van der Waals surface area contributed by atoms with Gasteiger partial charge in [-0.2, -0.15) is 0 Å². The van der Waals surface area contributed by atoms with Gasteiger partial charge in [0.25, 0.3) is 63.2 Å². The van der Waals surface area contributed by atoms with Gasteiger partial charge in [0.1, 0.15) is 0 Å². The van der Waals surface area contributed by atoms with Crippen molar-refractivity contribution in [3.8, 4) is 0 Å². The van der Waals surface area contributed by atoms with Gasteiger partial charge in [-0.15, -0.1) is 0 Å². The van der Waals surface area contributed by atoms with Gasteiger partial charge in [-0.25, -0.2) is 0 Å². The Labute approximate surface area is 201 Å². The maximum absolute atomic E-state index is 8.68. The molecule has 134 valence electrons. The second-order valence-corrected chi connectivity index (χ2v) is 6.50. The minimum Gasteiger partial charge on any atom is -0.427 e. The van der Waals surface area contributed by atoms with Crippen LogP contribution in [0.5, 0.6) is 0 Å². The van der Waals surface area contributed by atoms with E-state index in [1.807, 2.05) is 0 Å². The molecule has 0 fully saturated rings. The molecule has 15 nitrogen and oxygen atoms in total. The first-order valence-corrected chi connectivity index (χ1v) is 15.7. The van der Waals surface area contributed by atoms with Gasteiger partial charge in [0.05, 0.1) is 0 Å². The standard InChI is InChI=1S/Eu.2HIO3.3IO3/c;5*2-1(3)4/h;2*2H;;;/q+3;;;3*-1. The molecule has 0 aromatic heterocycles. The molecule has 0 aliphatic rings. The molecule has 0 aliphatic heterocycles. The molecule has 0 aliphatic carbocycles. The topological polar surface area (TPSA) is 340 Å². The fourth-order valence-corrected chi connectivity index (χ4v) is 0. The summed E-state index contributed by atoms with van der Waals surface area (Å²) in [5, 5.41) is 0. The Morgan fingerprint density at radius 1 is 0.381 bits per heavy atom. The zero-order valence-electron chi connectivity index (χ0n) is 8.47. The van der Waals surface area contributed by atoms with Crippen LogP contribution in [0.2, 0.25) is 0 Å². The molecular weight excluding hydrogens is 1030 g/mol. The Balaban J connectivity index is -0.0000000331. The van der Waals surface area contributed by atoms with Crippen LogP contribution in [0.1, 0.15) is 0 Å². The van der Waals surface area contributed by atoms with Crippen molar-refractivity contribution in [3.63, 3.8) is 0 Å². The van der Waals surface area contributed by atoms with Crippen molar-refractivity contribution in [1.82, 2.24) is 0 Å². The molecule has 0 saturated heterocycles. The molecule has 0 unspecified atom stereocenters. The largest absolute Gasteiger partial charge is 3.00 e. The molecule has 0 amide bonds. The normalized spacial score (nSPS) is 8.57. The van der Waals surface area contributed by atoms with E-state index >= 15 is 0 Å². The van der Waals surface area contributed by atoms with Crippen LogP contribution < -0.4 is 150 Å². The monoisotopic (exact) mass is 1030 g/mol. The van der Waals surface area contributed by atoms with Gasteiger partial charge in [0.2, 0.25) is 0 Å². The van der Waals surface area contributed by atoms with Gasteiger partial charge < -0.3 is 44.7 Å². The second kappa shape index (κ2) is 35.7. The summed E-state index contributed by atoms with van der Waals surface area (Å²) in [7, 11) is 0. The Kier molecular flexibility index (Phi) is 68.6. The van der Waals surface area contributed by atoms with Gasteiger partial charge in [-0.05, 0) is 6.87 Å². The summed E-state index contributed by atoms with van der Waals surface area (Å²) in [6, 6.07) is 0. The van der Waals surface area contributed by atoms with E-state index in [1.54, 1.807) is 0 Å². The molecule has 0 rings (SSSR count). The predicted octanol–water partition coefficient (Wildman–Crippen LogP) is -31.6. The molecule has 2 N–H and O–H groups in total. The van der Waals surface area contributed by atoms with Crippen LogP contribution in [-0.2, 0) is 0 Å². The van der Waals surface area contributed by atoms with Crippen molar-refractivity contribution in [3.05, 3.63) is 0 Å². The third kappa shape index (κ3) is 588. The SMILES string of the molecule is [Eu+3].[O-][I+2]([O-])O.[O-][I+2]([O-])O.[O-][I+2]([O-])[O-].[O-][I+2]([O-])[O-].[O-][I+2]([O-])[O-]. The fraction of sp³-hybridized carbons (Fsp3) is 0. The molecule has 21 heavy (non-hydrogen) atoms. The average molecular weight is 1030 g/mol. The zero-order chi connectivity index (χ0) is 17.9. The Morgan fingerprint density at radius 2 is 0.381 bits per heavy atom. The maximum atomic E-state index is 8.68. The van der Waals surface area contributed by atoms with Gasteiger partial charge >= 0.3 is 91.5 Å². The number of halogens is 5. The number of rotatable bonds is 0. The number of hydrogen-bond donors (Lipinski definition) is 2. The second-order valence-electron chi connectivity index (χ2n) is 0.969. The van der Waals surface area contributed by atoms with E-state index in [1.165, 1.54) is 0 Å². The van der Waals surface area contributed by atoms with Crippen molar-refractivity contribution in [2.24, 2.45) is 0 Å². The Morgan fingerprint density at radius 3 is 0.381 bits per heavy atom. The summed E-state index contributed by atoms with van der Waals surface area (Å²) in [6.45, 7) is 0. The molecule has 0 heterocycles. The molecule has 21 heteroatoms. The third-order valence-electron chi connectivity index (χ3n) is 0. The maximum Gasteiger partial charge on any atom is 3.00 e. The summed E-state index contributed by atoms with van der Waals surface area (Å²) < 4.78 is 126. The van der Waals surface area contributed by atoms with Crippen molar-refractivity contribution in [1.29, 1.82) is 0 Å². The predicted molar refractivity (Wildman–Crippen MR) is 4.44 cm³/mol. The first-order chi connectivity index (χ1) is 8.66. The van der Waals surface area contributed by atoms with Crippen LogP contribution >= 0.6 is 0 Å². The Hall–Kier alpha value is 4.63. The molecule has 0 spiro atoms. The van der Waals surface area contributed by atoms with Gasteiger partial charge in [0.15, 0.2) is 0 Å². The first-order valence-electron chi connectivity index (χ1n) is 2.34. The van der Waals surface area contributed by atoms with Crippen molar-refractivity contribution >= 4 is 0 Å². The van der Waals surface area contributed by atoms with Crippen molar-refractivity contribution in [2.45, 2.75) is 0 Å². The van der Waals surface area contributed by atoms with Crippen LogP contribution in [0.15, 0.2) is 0 Å². The molecular formula is H2EuI5O15. The van der Waals surface area contributed by atoms with E-state index in [0.29, 0.717) is 0 Å². The fourth-order valence-electron chi connectivity index (χ4n) is 0. The summed E-state index contributed by atoms with van der Waals surface area (Å²) in [5.41, 5.74) is 0.